The number of nitrogens with two attached hydrogens (primary N) is 1. The minimum Gasteiger partial charge on any atom is -0.456 e. The fraction of sp³-hybridized carbons (Fsp3) is 0.476. The third-order valence-electron chi connectivity index (χ3n) is 5.09. The number of ether oxygens (including phenoxy) is 1. The van der Waals surface area contributed by atoms with Gasteiger partial charge < -0.3 is 10.5 Å². The second-order valence-corrected chi connectivity index (χ2v) is 8.55. The van der Waals surface area contributed by atoms with E-state index in [1.807, 2.05) is 13.2 Å². The first-order valence-corrected chi connectivity index (χ1v) is 11.1. The van der Waals surface area contributed by atoms with Crippen LogP contribution in [0.25, 0.3) is 11.3 Å². The van der Waals surface area contributed by atoms with Gasteiger partial charge in [-0.05, 0) is 55.4 Å². The highest BCUT2D eigenvalue weighted by Gasteiger charge is 2.32. The Morgan fingerprint density at radius 3 is 2.66 bits per heavy atom. The monoisotopic (exact) mass is 511 g/mol. The predicted molar refractivity (Wildman–Crippen MR) is 124 cm³/mol. The van der Waals surface area contributed by atoms with E-state index in [1.165, 1.54) is 6.07 Å². The van der Waals surface area contributed by atoms with Crippen LogP contribution in [0.3, 0.4) is 0 Å². The molecule has 5 nitrogen and oxygen atoms in total. The van der Waals surface area contributed by atoms with Crippen LogP contribution >= 0.6 is 36.6 Å². The summed E-state index contributed by atoms with van der Waals surface area (Å²) in [6.45, 7) is 2.03. The lowest BCUT2D eigenvalue weighted by Gasteiger charge is -2.29. The average Bonchev–Trinajstić information content (AvgIpc) is 2.71. The van der Waals surface area contributed by atoms with E-state index in [0.29, 0.717) is 41.8 Å². The van der Waals surface area contributed by atoms with E-state index in [2.05, 4.69) is 10.2 Å². The van der Waals surface area contributed by atoms with E-state index in [4.69, 9.17) is 10.5 Å². The van der Waals surface area contributed by atoms with Gasteiger partial charge in [-0.15, -0.1) is 24.8 Å². The molecule has 1 aliphatic rings. The Bertz CT molecular complexity index is 918. The molecular formula is C21H26Cl2F3N3O2S. The van der Waals surface area contributed by atoms with E-state index in [1.54, 1.807) is 23.9 Å². The molecule has 1 aliphatic carbocycles. The van der Waals surface area contributed by atoms with Gasteiger partial charge in [0.25, 0.3) is 0 Å². The summed E-state index contributed by atoms with van der Waals surface area (Å²) in [6.07, 6.45) is -1.28. The Balaban J connectivity index is 0.00000256. The molecule has 0 amide bonds. The second-order valence-electron chi connectivity index (χ2n) is 7.57. The number of fused-ring (bicyclic) bond motifs is 1. The van der Waals surface area contributed by atoms with Crippen LogP contribution in [0.2, 0.25) is 0 Å². The number of hydrogen-bond donors (Lipinski definition) is 1. The number of thioether (sulfide) groups is 1. The summed E-state index contributed by atoms with van der Waals surface area (Å²) in [7, 11) is 0. The Kier molecular flexibility index (Phi) is 10.7. The molecule has 2 N–H and O–H groups in total. The van der Waals surface area contributed by atoms with Gasteiger partial charge in [-0.25, -0.2) is 0 Å². The lowest BCUT2D eigenvalue weighted by Crippen LogP contribution is -2.35. The van der Waals surface area contributed by atoms with Crippen LogP contribution in [0.15, 0.2) is 30.3 Å². The van der Waals surface area contributed by atoms with Crippen molar-refractivity contribution in [2.45, 2.75) is 44.5 Å². The fourth-order valence-electron chi connectivity index (χ4n) is 3.47. The first kappa shape index (κ1) is 28.5. The molecule has 3 atom stereocenters. The van der Waals surface area contributed by atoms with Crippen molar-refractivity contribution >= 4 is 42.5 Å². The minimum absolute atomic E-state index is 0. The average molecular weight is 512 g/mol. The molecule has 0 aliphatic heterocycles. The number of alkyl halides is 3. The smallest absolute Gasteiger partial charge is 0.416 e. The van der Waals surface area contributed by atoms with Crippen LogP contribution in [-0.2, 0) is 22.1 Å². The number of esters is 1. The normalized spacial score (nSPS) is 18.6. The van der Waals surface area contributed by atoms with Crippen molar-refractivity contribution in [1.82, 2.24) is 10.2 Å². The van der Waals surface area contributed by atoms with Crippen molar-refractivity contribution < 1.29 is 22.7 Å². The number of nitrogens with zero attached hydrogens (tertiary/aromatic N) is 2. The number of halogens is 5. The molecule has 0 saturated heterocycles. The molecule has 2 aromatic rings. The molecular weight excluding hydrogens is 486 g/mol. The van der Waals surface area contributed by atoms with Crippen molar-refractivity contribution in [3.63, 3.8) is 0 Å². The molecule has 0 saturated carbocycles. The molecule has 32 heavy (non-hydrogen) atoms. The summed E-state index contributed by atoms with van der Waals surface area (Å²) in [5.74, 6) is 0.497. The third-order valence-corrected chi connectivity index (χ3v) is 5.73. The summed E-state index contributed by atoms with van der Waals surface area (Å²) < 4.78 is 44.9. The highest BCUT2D eigenvalue weighted by atomic mass is 35.5. The summed E-state index contributed by atoms with van der Waals surface area (Å²) in [5, 5.41) is 8.36. The van der Waals surface area contributed by atoms with E-state index < -0.39 is 29.9 Å². The second kappa shape index (κ2) is 12.1. The van der Waals surface area contributed by atoms with Gasteiger partial charge in [0.2, 0.25) is 0 Å². The lowest BCUT2D eigenvalue weighted by molar-refractivity contribution is -0.152. The summed E-state index contributed by atoms with van der Waals surface area (Å²) in [6, 6.07) is 5.91. The van der Waals surface area contributed by atoms with Gasteiger partial charge in [-0.2, -0.15) is 35.1 Å². The quantitative estimate of drug-likeness (QED) is 0.533. The number of benzene rings is 1. The van der Waals surface area contributed by atoms with Gasteiger partial charge in [-0.1, -0.05) is 19.1 Å². The molecule has 1 aromatic carbocycles. The molecule has 1 aromatic heterocycles. The number of carbonyl (C=O) groups excluding carboxylic acids is 1. The topological polar surface area (TPSA) is 78.1 Å². The molecule has 0 fully saturated rings. The highest BCUT2D eigenvalue weighted by Crippen LogP contribution is 2.37. The van der Waals surface area contributed by atoms with Gasteiger partial charge in [0.1, 0.15) is 12.1 Å². The van der Waals surface area contributed by atoms with Gasteiger partial charge in [-0.3, -0.25) is 4.79 Å². The van der Waals surface area contributed by atoms with Crippen LogP contribution in [0.1, 0.15) is 42.7 Å². The number of carbonyl (C=O) groups is 1. The van der Waals surface area contributed by atoms with Crippen LogP contribution < -0.4 is 5.73 Å². The lowest BCUT2D eigenvalue weighted by atomic mass is 9.85. The number of rotatable bonds is 6. The van der Waals surface area contributed by atoms with E-state index in [0.717, 1.165) is 17.9 Å². The van der Waals surface area contributed by atoms with E-state index in [9.17, 15) is 18.0 Å². The Morgan fingerprint density at radius 1 is 1.28 bits per heavy atom. The molecule has 178 valence electrons. The Hall–Kier alpha value is -1.55. The van der Waals surface area contributed by atoms with E-state index >= 15 is 0 Å². The Labute approximate surface area is 201 Å². The Morgan fingerprint density at radius 2 is 2.00 bits per heavy atom. The summed E-state index contributed by atoms with van der Waals surface area (Å²) in [5.41, 5.74) is 7.17. The fourth-order valence-corrected chi connectivity index (χ4v) is 3.96. The minimum atomic E-state index is -4.45. The zero-order valence-electron chi connectivity index (χ0n) is 17.6. The summed E-state index contributed by atoms with van der Waals surface area (Å²) in [4.78, 5) is 12.4. The molecule has 0 radical (unpaired) electrons. The van der Waals surface area contributed by atoms with Gasteiger partial charge in [0.05, 0.1) is 17.0 Å². The summed E-state index contributed by atoms with van der Waals surface area (Å²) >= 11 is 1.60. The molecule has 1 heterocycles. The van der Waals surface area contributed by atoms with Crippen LogP contribution in [0.5, 0.6) is 0 Å². The standard InChI is InChI=1S/C21H24F3N3O2S.2ClH/c1-12-8-18-15(19(9-12)29-20(28)16(25)6-7-30-2)11-17(26-27-18)13-4-3-5-14(10-13)21(22,23)24;;/h3-5,10-12,16,19H,6-9,25H2,1-2H3;2*1H/t12?,16-,19?;;/m0../s1. The first-order chi connectivity index (χ1) is 14.2. The van der Waals surface area contributed by atoms with Crippen LogP contribution in [0, 0.1) is 5.92 Å². The van der Waals surface area contributed by atoms with E-state index in [-0.39, 0.29) is 30.7 Å². The first-order valence-electron chi connectivity index (χ1n) is 9.68. The predicted octanol–water partition coefficient (Wildman–Crippen LogP) is 5.25. The maximum atomic E-state index is 13.1. The third kappa shape index (κ3) is 6.97. The van der Waals surface area contributed by atoms with Gasteiger partial charge in [0, 0.05) is 11.1 Å². The highest BCUT2D eigenvalue weighted by molar-refractivity contribution is 7.98. The zero-order chi connectivity index (χ0) is 21.9. The SMILES string of the molecule is CSCC[C@H](N)C(=O)OC1CC(C)Cc2nnc(-c3cccc(C(F)(F)F)c3)cc21.Cl.Cl. The molecule has 0 bridgehead atoms. The van der Waals surface area contributed by atoms with Crippen LogP contribution in [0.4, 0.5) is 13.2 Å². The number of aromatic nitrogens is 2. The van der Waals surface area contributed by atoms with Crippen molar-refractivity contribution in [3.05, 3.63) is 47.2 Å². The van der Waals surface area contributed by atoms with Gasteiger partial charge in [0.15, 0.2) is 0 Å². The molecule has 3 rings (SSSR count). The maximum Gasteiger partial charge on any atom is 0.416 e. The van der Waals surface area contributed by atoms with Gasteiger partial charge >= 0.3 is 12.1 Å². The largest absolute Gasteiger partial charge is 0.456 e. The zero-order valence-corrected chi connectivity index (χ0v) is 20.0. The molecule has 2 unspecified atom stereocenters. The maximum absolute atomic E-state index is 13.1. The van der Waals surface area contributed by atoms with Crippen molar-refractivity contribution in [2.24, 2.45) is 11.7 Å². The van der Waals surface area contributed by atoms with Crippen LogP contribution in [-0.4, -0.2) is 34.2 Å². The van der Waals surface area contributed by atoms with Crippen molar-refractivity contribution in [2.75, 3.05) is 12.0 Å². The molecule has 0 spiro atoms. The molecule has 11 heteroatoms. The van der Waals surface area contributed by atoms with Crippen molar-refractivity contribution in [3.8, 4) is 11.3 Å². The number of hydrogen-bond acceptors (Lipinski definition) is 6. The van der Waals surface area contributed by atoms with Crippen molar-refractivity contribution in [1.29, 1.82) is 0 Å².